The lowest BCUT2D eigenvalue weighted by Crippen LogP contribution is -2.59. The Hall–Kier alpha value is -0.200. The molecule has 0 heterocycles. The first-order valence-corrected chi connectivity index (χ1v) is 8.79. The zero-order valence-electron chi connectivity index (χ0n) is 11.0. The van der Waals surface area contributed by atoms with Gasteiger partial charge in [0.25, 0.3) is 10.1 Å². The Kier molecular flexibility index (Phi) is 3.38. The largest absolute Gasteiger partial charge is 0.308 e. The fourth-order valence-electron chi connectivity index (χ4n) is 4.94. The standard InChI is InChI=1S/C13H22FNO3S/c14-12(8-19(16,17)18)7-15-13-4-9-1-10(5-13)3-11(2-9)6-13/h9-12,15H,1-8H2,(H,16,17,18)/t9?,10?,11?,12-,13?/m1/s1. The predicted octanol–water partition coefficient (Wildman–Crippen LogP) is 1.77. The van der Waals surface area contributed by atoms with Crippen molar-refractivity contribution in [2.45, 2.75) is 50.2 Å². The smallest absolute Gasteiger partial charge is 0.267 e. The van der Waals surface area contributed by atoms with E-state index < -0.39 is 22.0 Å². The lowest BCUT2D eigenvalue weighted by Gasteiger charge is -2.57. The Morgan fingerprint density at radius 3 is 2.05 bits per heavy atom. The average Bonchev–Trinajstić information content (AvgIpc) is 2.22. The Morgan fingerprint density at radius 2 is 1.63 bits per heavy atom. The van der Waals surface area contributed by atoms with E-state index in [9.17, 15) is 12.8 Å². The van der Waals surface area contributed by atoms with Crippen molar-refractivity contribution in [1.29, 1.82) is 0 Å². The molecule has 0 radical (unpaired) electrons. The van der Waals surface area contributed by atoms with E-state index in [1.54, 1.807) is 0 Å². The Balaban J connectivity index is 1.58. The van der Waals surface area contributed by atoms with Gasteiger partial charge >= 0.3 is 0 Å². The van der Waals surface area contributed by atoms with Crippen molar-refractivity contribution in [3.8, 4) is 0 Å². The van der Waals surface area contributed by atoms with Gasteiger partial charge in [0.15, 0.2) is 0 Å². The van der Waals surface area contributed by atoms with Crippen molar-refractivity contribution in [2.24, 2.45) is 17.8 Å². The van der Waals surface area contributed by atoms with E-state index in [1.807, 2.05) is 0 Å². The quantitative estimate of drug-likeness (QED) is 0.758. The van der Waals surface area contributed by atoms with Gasteiger partial charge < -0.3 is 5.32 Å². The minimum Gasteiger partial charge on any atom is -0.308 e. The summed E-state index contributed by atoms with van der Waals surface area (Å²) in [5, 5.41) is 3.30. The molecular weight excluding hydrogens is 269 g/mol. The molecule has 0 unspecified atom stereocenters. The molecule has 0 aromatic rings. The van der Waals surface area contributed by atoms with E-state index in [4.69, 9.17) is 4.55 Å². The van der Waals surface area contributed by atoms with Gasteiger partial charge in [-0.1, -0.05) is 0 Å². The van der Waals surface area contributed by atoms with Crippen LogP contribution in [-0.4, -0.2) is 37.0 Å². The fourth-order valence-corrected chi connectivity index (χ4v) is 5.52. The van der Waals surface area contributed by atoms with Crippen LogP contribution >= 0.6 is 0 Å². The molecule has 19 heavy (non-hydrogen) atoms. The Labute approximate surface area is 113 Å². The van der Waals surface area contributed by atoms with E-state index in [1.165, 1.54) is 19.3 Å². The highest BCUT2D eigenvalue weighted by Crippen LogP contribution is 2.55. The van der Waals surface area contributed by atoms with Crippen LogP contribution < -0.4 is 5.32 Å². The second-order valence-corrected chi connectivity index (χ2v) is 8.42. The fraction of sp³-hybridized carbons (Fsp3) is 1.00. The van der Waals surface area contributed by atoms with Gasteiger partial charge in [0.1, 0.15) is 11.9 Å². The molecule has 4 aliphatic carbocycles. The number of nitrogens with one attached hydrogen (secondary N) is 1. The molecule has 0 amide bonds. The second kappa shape index (κ2) is 4.67. The van der Waals surface area contributed by atoms with Crippen LogP contribution in [0.1, 0.15) is 38.5 Å². The number of alkyl halides is 1. The molecule has 4 nitrogen and oxygen atoms in total. The number of rotatable bonds is 5. The SMILES string of the molecule is O=S(=O)(O)C[C@H](F)CNC12CC3CC(CC(C3)C1)C2. The molecule has 4 saturated carbocycles. The molecule has 110 valence electrons. The van der Waals surface area contributed by atoms with E-state index in [-0.39, 0.29) is 12.1 Å². The summed E-state index contributed by atoms with van der Waals surface area (Å²) >= 11 is 0. The van der Waals surface area contributed by atoms with Crippen LogP contribution in [0.2, 0.25) is 0 Å². The monoisotopic (exact) mass is 291 g/mol. The second-order valence-electron chi connectivity index (χ2n) is 6.92. The van der Waals surface area contributed by atoms with Crippen LogP contribution in [0.25, 0.3) is 0 Å². The summed E-state index contributed by atoms with van der Waals surface area (Å²) in [5.74, 6) is 1.53. The Morgan fingerprint density at radius 1 is 1.16 bits per heavy atom. The van der Waals surface area contributed by atoms with Crippen LogP contribution in [-0.2, 0) is 10.1 Å². The Bertz CT molecular complexity index is 416. The van der Waals surface area contributed by atoms with Crippen molar-refractivity contribution in [3.63, 3.8) is 0 Å². The molecule has 1 atom stereocenters. The maximum Gasteiger partial charge on any atom is 0.267 e. The summed E-state index contributed by atoms with van der Waals surface area (Å²) in [6.45, 7) is 0.0337. The van der Waals surface area contributed by atoms with Gasteiger partial charge in [-0.2, -0.15) is 8.42 Å². The lowest BCUT2D eigenvalue weighted by molar-refractivity contribution is -0.0216. The maximum absolute atomic E-state index is 13.6. The summed E-state index contributed by atoms with van der Waals surface area (Å²) in [6, 6.07) is 0. The van der Waals surface area contributed by atoms with Gasteiger partial charge in [0.2, 0.25) is 0 Å². The highest BCUT2D eigenvalue weighted by Gasteiger charge is 2.50. The van der Waals surface area contributed by atoms with Crippen molar-refractivity contribution in [3.05, 3.63) is 0 Å². The molecule has 0 aromatic carbocycles. The molecule has 0 aliphatic heterocycles. The lowest BCUT2D eigenvalue weighted by atomic mass is 9.53. The summed E-state index contributed by atoms with van der Waals surface area (Å²) in [7, 11) is -4.22. The van der Waals surface area contributed by atoms with Crippen molar-refractivity contribution in [1.82, 2.24) is 5.32 Å². The van der Waals surface area contributed by atoms with Crippen LogP contribution in [0.15, 0.2) is 0 Å². The maximum atomic E-state index is 13.6. The molecule has 4 aliphatic rings. The zero-order valence-corrected chi connectivity index (χ0v) is 11.8. The van der Waals surface area contributed by atoms with Gasteiger partial charge in [-0.3, -0.25) is 4.55 Å². The molecule has 4 bridgehead atoms. The van der Waals surface area contributed by atoms with Crippen LogP contribution in [0.3, 0.4) is 0 Å². The first-order valence-electron chi connectivity index (χ1n) is 7.18. The summed E-state index contributed by atoms with van der Waals surface area (Å²) in [4.78, 5) is 0. The molecule has 0 aromatic heterocycles. The van der Waals surface area contributed by atoms with Gasteiger partial charge in [-0.05, 0) is 56.3 Å². The minimum atomic E-state index is -4.22. The van der Waals surface area contributed by atoms with Gasteiger partial charge in [0, 0.05) is 12.1 Å². The van der Waals surface area contributed by atoms with Crippen molar-refractivity contribution >= 4 is 10.1 Å². The predicted molar refractivity (Wildman–Crippen MR) is 70.2 cm³/mol. The van der Waals surface area contributed by atoms with Gasteiger partial charge in [0.05, 0.1) is 0 Å². The van der Waals surface area contributed by atoms with E-state index in [0.717, 1.165) is 37.0 Å². The third-order valence-electron chi connectivity index (χ3n) is 5.13. The van der Waals surface area contributed by atoms with Gasteiger partial charge in [-0.15, -0.1) is 0 Å². The number of hydrogen-bond donors (Lipinski definition) is 2. The molecule has 4 fully saturated rings. The van der Waals surface area contributed by atoms with Crippen LogP contribution in [0, 0.1) is 17.8 Å². The van der Waals surface area contributed by atoms with Crippen LogP contribution in [0.5, 0.6) is 0 Å². The third-order valence-corrected chi connectivity index (χ3v) is 5.91. The third kappa shape index (κ3) is 3.11. The number of halogens is 1. The number of hydrogen-bond acceptors (Lipinski definition) is 3. The van der Waals surface area contributed by atoms with Crippen molar-refractivity contribution in [2.75, 3.05) is 12.3 Å². The molecule has 4 rings (SSSR count). The van der Waals surface area contributed by atoms with Crippen LogP contribution in [0.4, 0.5) is 4.39 Å². The van der Waals surface area contributed by atoms with Crippen molar-refractivity contribution < 1.29 is 17.4 Å². The minimum absolute atomic E-state index is 0.0337. The highest BCUT2D eigenvalue weighted by atomic mass is 32.2. The molecule has 0 saturated heterocycles. The van der Waals surface area contributed by atoms with E-state index in [2.05, 4.69) is 5.32 Å². The summed E-state index contributed by atoms with van der Waals surface area (Å²) < 4.78 is 43.5. The first-order chi connectivity index (χ1) is 8.84. The summed E-state index contributed by atoms with van der Waals surface area (Å²) in [5.41, 5.74) is 0.0400. The van der Waals surface area contributed by atoms with E-state index >= 15 is 0 Å². The normalized spacial score (nSPS) is 42.5. The topological polar surface area (TPSA) is 66.4 Å². The van der Waals surface area contributed by atoms with Gasteiger partial charge in [-0.25, -0.2) is 4.39 Å². The molecule has 6 heteroatoms. The van der Waals surface area contributed by atoms with E-state index in [0.29, 0.717) is 0 Å². The molecule has 2 N–H and O–H groups in total. The average molecular weight is 291 g/mol. The summed E-state index contributed by atoms with van der Waals surface area (Å²) in [6.07, 6.45) is 5.77. The highest BCUT2D eigenvalue weighted by molar-refractivity contribution is 7.85. The first kappa shape index (κ1) is 13.8. The zero-order chi connectivity index (χ0) is 13.7. The molecule has 0 spiro atoms. The molecular formula is C13H22FNO3S.